The summed E-state index contributed by atoms with van der Waals surface area (Å²) in [4.78, 5) is 10.4. The molecule has 11 heteroatoms. The second-order valence-electron chi connectivity index (χ2n) is 6.49. The molecule has 156 valence electrons. The van der Waals surface area contributed by atoms with Crippen molar-refractivity contribution >= 4 is 44.6 Å². The SMILES string of the molecule is CC(Nc1ccc([N+](=O)[O-])cc1S(=O)(=O)N1CCOCC1)c1ccc(Cl)cc1Cl. The lowest BCUT2D eigenvalue weighted by atomic mass is 10.1. The molecule has 2 aromatic carbocycles. The van der Waals surface area contributed by atoms with Crippen molar-refractivity contribution in [1.29, 1.82) is 0 Å². The van der Waals surface area contributed by atoms with Gasteiger partial charge in [0.2, 0.25) is 10.0 Å². The van der Waals surface area contributed by atoms with Crippen LogP contribution in [-0.2, 0) is 14.8 Å². The molecular formula is C18H19Cl2N3O5S. The Balaban J connectivity index is 2.00. The highest BCUT2D eigenvalue weighted by Gasteiger charge is 2.31. The first-order chi connectivity index (χ1) is 13.7. The van der Waals surface area contributed by atoms with Crippen molar-refractivity contribution in [2.45, 2.75) is 17.9 Å². The molecule has 1 unspecified atom stereocenters. The van der Waals surface area contributed by atoms with Crippen LogP contribution in [0.1, 0.15) is 18.5 Å². The highest BCUT2D eigenvalue weighted by Crippen LogP contribution is 2.34. The van der Waals surface area contributed by atoms with Crippen LogP contribution in [0.5, 0.6) is 0 Å². The van der Waals surface area contributed by atoms with Crippen LogP contribution < -0.4 is 5.32 Å². The van der Waals surface area contributed by atoms with Crippen LogP contribution in [0.25, 0.3) is 0 Å². The highest BCUT2D eigenvalue weighted by molar-refractivity contribution is 7.89. The molecular weight excluding hydrogens is 441 g/mol. The van der Waals surface area contributed by atoms with Crippen LogP contribution in [0.15, 0.2) is 41.3 Å². The van der Waals surface area contributed by atoms with Gasteiger partial charge in [0.05, 0.1) is 29.9 Å². The summed E-state index contributed by atoms with van der Waals surface area (Å²) in [7, 11) is -3.96. The molecule has 1 fully saturated rings. The zero-order valence-electron chi connectivity index (χ0n) is 15.5. The molecule has 1 N–H and O–H groups in total. The monoisotopic (exact) mass is 459 g/mol. The average molecular weight is 460 g/mol. The van der Waals surface area contributed by atoms with Crippen LogP contribution >= 0.6 is 23.2 Å². The Morgan fingerprint density at radius 2 is 1.86 bits per heavy atom. The minimum absolute atomic E-state index is 0.162. The first kappa shape index (κ1) is 21.8. The number of nitro benzene ring substituents is 1. The minimum atomic E-state index is -3.96. The number of anilines is 1. The summed E-state index contributed by atoms with van der Waals surface area (Å²) in [5.41, 5.74) is 0.657. The minimum Gasteiger partial charge on any atom is -0.379 e. The number of sulfonamides is 1. The van der Waals surface area contributed by atoms with Crippen molar-refractivity contribution in [3.05, 3.63) is 62.1 Å². The molecule has 1 heterocycles. The predicted molar refractivity (Wildman–Crippen MR) is 111 cm³/mol. The second-order valence-corrected chi connectivity index (χ2v) is 9.24. The van der Waals surface area contributed by atoms with Gasteiger partial charge in [-0.15, -0.1) is 0 Å². The third-order valence-corrected chi connectivity index (χ3v) is 7.07. The zero-order chi connectivity index (χ0) is 21.2. The van der Waals surface area contributed by atoms with E-state index in [1.54, 1.807) is 18.2 Å². The lowest BCUT2D eigenvalue weighted by Crippen LogP contribution is -2.40. The number of nitrogens with zero attached hydrogens (tertiary/aromatic N) is 2. The van der Waals surface area contributed by atoms with Crippen LogP contribution in [0.4, 0.5) is 11.4 Å². The fourth-order valence-corrected chi connectivity index (χ4v) is 5.20. The first-order valence-corrected chi connectivity index (χ1v) is 11.0. The molecule has 2 aromatic rings. The molecule has 29 heavy (non-hydrogen) atoms. The van der Waals surface area contributed by atoms with Gasteiger partial charge in [-0.3, -0.25) is 10.1 Å². The fourth-order valence-electron chi connectivity index (χ4n) is 3.05. The smallest absolute Gasteiger partial charge is 0.270 e. The topological polar surface area (TPSA) is 102 Å². The molecule has 0 amide bonds. The Kier molecular flexibility index (Phi) is 6.65. The largest absolute Gasteiger partial charge is 0.379 e. The Hall–Kier alpha value is -1.91. The fraction of sp³-hybridized carbons (Fsp3) is 0.333. The standard InChI is InChI=1S/C18H19Cl2N3O5S/c1-12(15-4-2-13(19)10-16(15)20)21-17-5-3-14(23(24)25)11-18(17)29(26,27)22-6-8-28-9-7-22/h2-5,10-12,21H,6-9H2,1H3. The number of nitro groups is 1. The van der Waals surface area contributed by atoms with Gasteiger partial charge >= 0.3 is 0 Å². The Morgan fingerprint density at radius 1 is 1.17 bits per heavy atom. The van der Waals surface area contributed by atoms with E-state index in [0.29, 0.717) is 15.6 Å². The van der Waals surface area contributed by atoms with Crippen molar-refractivity contribution in [2.75, 3.05) is 31.6 Å². The summed E-state index contributed by atoms with van der Waals surface area (Å²) in [5.74, 6) is 0. The van der Waals surface area contributed by atoms with Crippen molar-refractivity contribution in [3.8, 4) is 0 Å². The van der Waals surface area contributed by atoms with Gasteiger partial charge in [0, 0.05) is 35.3 Å². The van der Waals surface area contributed by atoms with E-state index in [1.807, 2.05) is 6.92 Å². The van der Waals surface area contributed by atoms with E-state index in [1.165, 1.54) is 16.4 Å². The average Bonchev–Trinajstić information content (AvgIpc) is 2.68. The number of non-ortho nitro benzene ring substituents is 1. The number of halogens is 2. The molecule has 1 aliphatic rings. The lowest BCUT2D eigenvalue weighted by molar-refractivity contribution is -0.385. The summed E-state index contributed by atoms with van der Waals surface area (Å²) in [6.07, 6.45) is 0. The predicted octanol–water partition coefficient (Wildman–Crippen LogP) is 4.10. The van der Waals surface area contributed by atoms with E-state index in [0.717, 1.165) is 6.07 Å². The first-order valence-electron chi connectivity index (χ1n) is 8.78. The van der Waals surface area contributed by atoms with Gasteiger partial charge in [-0.2, -0.15) is 4.31 Å². The number of rotatable bonds is 6. The third kappa shape index (κ3) is 4.81. The van der Waals surface area contributed by atoms with Gasteiger partial charge in [0.15, 0.2) is 0 Å². The highest BCUT2D eigenvalue weighted by atomic mass is 35.5. The van der Waals surface area contributed by atoms with Crippen molar-refractivity contribution < 1.29 is 18.1 Å². The third-order valence-electron chi connectivity index (χ3n) is 4.56. The molecule has 0 radical (unpaired) electrons. The van der Waals surface area contributed by atoms with Crippen molar-refractivity contribution in [3.63, 3.8) is 0 Å². The number of morpholine rings is 1. The van der Waals surface area contributed by atoms with Crippen LogP contribution in [0.3, 0.4) is 0 Å². The lowest BCUT2D eigenvalue weighted by Gasteiger charge is -2.27. The van der Waals surface area contributed by atoms with Crippen LogP contribution in [-0.4, -0.2) is 43.9 Å². The molecule has 0 saturated carbocycles. The molecule has 0 spiro atoms. The number of benzene rings is 2. The van der Waals surface area contributed by atoms with E-state index in [2.05, 4.69) is 5.32 Å². The number of ether oxygens (including phenoxy) is 1. The molecule has 1 atom stereocenters. The summed E-state index contributed by atoms with van der Waals surface area (Å²) in [6, 6.07) is 8.37. The maximum Gasteiger partial charge on any atom is 0.270 e. The van der Waals surface area contributed by atoms with Gasteiger partial charge in [0.1, 0.15) is 4.90 Å². The van der Waals surface area contributed by atoms with Gasteiger partial charge in [-0.1, -0.05) is 29.3 Å². The molecule has 8 nitrogen and oxygen atoms in total. The van der Waals surface area contributed by atoms with E-state index in [-0.39, 0.29) is 48.6 Å². The van der Waals surface area contributed by atoms with Crippen molar-refractivity contribution in [2.24, 2.45) is 0 Å². The second kappa shape index (κ2) is 8.85. The summed E-state index contributed by atoms with van der Waals surface area (Å²) in [5, 5.41) is 15.2. The quantitative estimate of drug-likeness (QED) is 0.515. The molecule has 1 aliphatic heterocycles. The van der Waals surface area contributed by atoms with Gasteiger partial charge in [-0.05, 0) is 30.7 Å². The number of nitrogens with one attached hydrogen (secondary N) is 1. The molecule has 3 rings (SSSR count). The molecule has 0 aromatic heterocycles. The molecule has 0 aliphatic carbocycles. The van der Waals surface area contributed by atoms with Gasteiger partial charge < -0.3 is 10.1 Å². The maximum atomic E-state index is 13.2. The van der Waals surface area contributed by atoms with Crippen LogP contribution in [0, 0.1) is 10.1 Å². The van der Waals surface area contributed by atoms with Gasteiger partial charge in [-0.25, -0.2) is 8.42 Å². The Labute approximate surface area is 178 Å². The summed E-state index contributed by atoms with van der Waals surface area (Å²) in [6.45, 7) is 2.72. The molecule has 1 saturated heterocycles. The molecule has 0 bridgehead atoms. The van der Waals surface area contributed by atoms with E-state index in [9.17, 15) is 18.5 Å². The Morgan fingerprint density at radius 3 is 2.48 bits per heavy atom. The number of hydrogen-bond acceptors (Lipinski definition) is 6. The van der Waals surface area contributed by atoms with Crippen molar-refractivity contribution in [1.82, 2.24) is 4.31 Å². The Bertz CT molecular complexity index is 1030. The maximum absolute atomic E-state index is 13.2. The zero-order valence-corrected chi connectivity index (χ0v) is 17.8. The normalized spacial score (nSPS) is 16.4. The number of hydrogen-bond donors (Lipinski definition) is 1. The van der Waals surface area contributed by atoms with Gasteiger partial charge in [0.25, 0.3) is 5.69 Å². The van der Waals surface area contributed by atoms with E-state index in [4.69, 9.17) is 27.9 Å². The van der Waals surface area contributed by atoms with Crippen LogP contribution in [0.2, 0.25) is 10.0 Å². The van der Waals surface area contributed by atoms with E-state index >= 15 is 0 Å². The summed E-state index contributed by atoms with van der Waals surface area (Å²) >= 11 is 12.2. The van der Waals surface area contributed by atoms with E-state index < -0.39 is 14.9 Å². The summed E-state index contributed by atoms with van der Waals surface area (Å²) < 4.78 is 32.8.